The molecule has 1 unspecified atom stereocenters. The Kier molecular flexibility index (Phi) is 8.16. The highest BCUT2D eigenvalue weighted by atomic mass is 19.4. The Morgan fingerprint density at radius 3 is 2.53 bits per heavy atom. The first-order valence-corrected chi connectivity index (χ1v) is 12.0. The van der Waals surface area contributed by atoms with Crippen LogP contribution in [-0.4, -0.2) is 79.7 Å². The first-order valence-electron chi connectivity index (χ1n) is 12.0. The summed E-state index contributed by atoms with van der Waals surface area (Å²) in [6.07, 6.45) is -5.14. The predicted octanol–water partition coefficient (Wildman–Crippen LogP) is 4.09. The van der Waals surface area contributed by atoms with Crippen LogP contribution in [0.4, 0.5) is 18.0 Å². The number of hydrogen-bond acceptors (Lipinski definition) is 9. The maximum absolute atomic E-state index is 13.3. The Labute approximate surface area is 217 Å². The standard InChI is InChI=1S/C25H30F3N3O7/c1-24(2,3)38-23(32)31-7-8-34-16(13-31)12-18-21-22(36-10-9-35-21)20(30-29-18)17-6-5-15(25(26,27)28)11-19(17)37-14-33-4/h5-6,11,16H,7-10,12-14H2,1-4H3. The van der Waals surface area contributed by atoms with E-state index in [1.165, 1.54) is 13.2 Å². The number of morpholine rings is 1. The molecule has 1 fully saturated rings. The van der Waals surface area contributed by atoms with Crippen molar-refractivity contribution in [2.75, 3.05) is 46.8 Å². The average Bonchev–Trinajstić information content (AvgIpc) is 2.86. The third-order valence-electron chi connectivity index (χ3n) is 5.64. The van der Waals surface area contributed by atoms with Gasteiger partial charge >= 0.3 is 12.3 Å². The van der Waals surface area contributed by atoms with E-state index in [0.29, 0.717) is 24.6 Å². The van der Waals surface area contributed by atoms with Crippen LogP contribution in [0, 0.1) is 0 Å². The molecule has 2 aromatic rings. The molecule has 0 aliphatic carbocycles. The number of hydrogen-bond donors (Lipinski definition) is 0. The summed E-state index contributed by atoms with van der Waals surface area (Å²) in [6, 6.07) is 3.06. The van der Waals surface area contributed by atoms with Crippen molar-refractivity contribution < 1.29 is 46.4 Å². The number of fused-ring (bicyclic) bond motifs is 1. The van der Waals surface area contributed by atoms with Crippen molar-refractivity contribution in [2.24, 2.45) is 0 Å². The summed E-state index contributed by atoms with van der Waals surface area (Å²) >= 11 is 0. The number of methoxy groups -OCH3 is 1. The van der Waals surface area contributed by atoms with Gasteiger partial charge in [-0.15, -0.1) is 5.10 Å². The molecule has 1 aromatic heterocycles. The molecule has 3 heterocycles. The maximum Gasteiger partial charge on any atom is 0.416 e. The second-order valence-corrected chi connectivity index (χ2v) is 9.73. The number of carbonyl (C=O) groups excluding carboxylic acids is 1. The molecule has 0 N–H and O–H groups in total. The first kappa shape index (κ1) is 27.7. The van der Waals surface area contributed by atoms with Crippen molar-refractivity contribution in [1.82, 2.24) is 15.1 Å². The zero-order valence-corrected chi connectivity index (χ0v) is 21.6. The van der Waals surface area contributed by atoms with Crippen molar-refractivity contribution in [2.45, 2.75) is 45.1 Å². The number of amides is 1. The summed E-state index contributed by atoms with van der Waals surface area (Å²) in [5.41, 5.74) is -0.664. The number of benzene rings is 1. The number of ether oxygens (including phenoxy) is 6. The topological polar surface area (TPSA) is 101 Å². The Morgan fingerprint density at radius 1 is 1.11 bits per heavy atom. The largest absolute Gasteiger partial charge is 0.484 e. The number of alkyl halides is 3. The van der Waals surface area contributed by atoms with Gasteiger partial charge in [-0.05, 0) is 39.0 Å². The molecule has 38 heavy (non-hydrogen) atoms. The fraction of sp³-hybridized carbons (Fsp3) is 0.560. The fourth-order valence-electron chi connectivity index (χ4n) is 4.01. The van der Waals surface area contributed by atoms with Gasteiger partial charge in [0.05, 0.1) is 24.8 Å². The van der Waals surface area contributed by atoms with Crippen molar-refractivity contribution in [3.63, 3.8) is 0 Å². The molecule has 0 radical (unpaired) electrons. The molecule has 0 bridgehead atoms. The van der Waals surface area contributed by atoms with Crippen LogP contribution in [0.3, 0.4) is 0 Å². The van der Waals surface area contributed by atoms with Crippen molar-refractivity contribution in [1.29, 1.82) is 0 Å². The molecule has 1 saturated heterocycles. The Balaban J connectivity index is 1.62. The molecule has 2 aliphatic rings. The lowest BCUT2D eigenvalue weighted by Crippen LogP contribution is -2.48. The molecular weight excluding hydrogens is 511 g/mol. The highest BCUT2D eigenvalue weighted by Gasteiger charge is 2.34. The lowest BCUT2D eigenvalue weighted by Gasteiger charge is -2.34. The second-order valence-electron chi connectivity index (χ2n) is 9.73. The van der Waals surface area contributed by atoms with E-state index < -0.39 is 29.5 Å². The van der Waals surface area contributed by atoms with Gasteiger partial charge < -0.3 is 33.3 Å². The Morgan fingerprint density at radius 2 is 1.84 bits per heavy atom. The minimum Gasteiger partial charge on any atom is -0.484 e. The van der Waals surface area contributed by atoms with E-state index in [-0.39, 0.29) is 55.7 Å². The van der Waals surface area contributed by atoms with Crippen LogP contribution < -0.4 is 14.2 Å². The molecule has 1 amide bonds. The first-order chi connectivity index (χ1) is 18.0. The fourth-order valence-corrected chi connectivity index (χ4v) is 4.01. The highest BCUT2D eigenvalue weighted by Crippen LogP contribution is 2.44. The smallest absolute Gasteiger partial charge is 0.416 e. The lowest BCUT2D eigenvalue weighted by molar-refractivity contribution is -0.137. The van der Waals surface area contributed by atoms with Gasteiger partial charge in [-0.25, -0.2) is 4.79 Å². The Bertz CT molecular complexity index is 1150. The third-order valence-corrected chi connectivity index (χ3v) is 5.64. The molecule has 0 spiro atoms. The SMILES string of the molecule is COCOc1cc(C(F)(F)F)ccc1-c1nnc(CC2CN(C(=O)OC(C)(C)C)CCO2)c2c1OCCO2. The van der Waals surface area contributed by atoms with E-state index in [4.69, 9.17) is 28.4 Å². The van der Waals surface area contributed by atoms with Crippen LogP contribution in [0.1, 0.15) is 32.0 Å². The van der Waals surface area contributed by atoms with Gasteiger partial charge in [-0.3, -0.25) is 0 Å². The summed E-state index contributed by atoms with van der Waals surface area (Å²) in [5.74, 6) is 0.462. The van der Waals surface area contributed by atoms with Crippen molar-refractivity contribution >= 4 is 6.09 Å². The third kappa shape index (κ3) is 6.57. The monoisotopic (exact) mass is 541 g/mol. The molecule has 4 rings (SSSR count). The van der Waals surface area contributed by atoms with E-state index in [2.05, 4.69) is 10.2 Å². The highest BCUT2D eigenvalue weighted by molar-refractivity contribution is 5.76. The Hall–Kier alpha value is -3.32. The van der Waals surface area contributed by atoms with Crippen LogP contribution in [0.15, 0.2) is 18.2 Å². The van der Waals surface area contributed by atoms with Gasteiger partial charge in [0.15, 0.2) is 18.3 Å². The van der Waals surface area contributed by atoms with Gasteiger partial charge in [0.1, 0.15) is 36.0 Å². The molecular formula is C25H30F3N3O7. The van der Waals surface area contributed by atoms with Gasteiger partial charge in [0.2, 0.25) is 0 Å². The van der Waals surface area contributed by atoms with Crippen LogP contribution in [0.5, 0.6) is 17.2 Å². The van der Waals surface area contributed by atoms with Crippen molar-refractivity contribution in [3.8, 4) is 28.5 Å². The van der Waals surface area contributed by atoms with Crippen LogP contribution in [0.25, 0.3) is 11.3 Å². The van der Waals surface area contributed by atoms with Crippen LogP contribution in [-0.2, 0) is 26.8 Å². The number of aromatic nitrogens is 2. The normalized spacial score (nSPS) is 17.8. The van der Waals surface area contributed by atoms with Crippen LogP contribution >= 0.6 is 0 Å². The quantitative estimate of drug-likeness (QED) is 0.501. The number of carbonyl (C=O) groups is 1. The zero-order valence-electron chi connectivity index (χ0n) is 21.6. The van der Waals surface area contributed by atoms with Crippen LogP contribution in [0.2, 0.25) is 0 Å². The minimum absolute atomic E-state index is 0.0938. The van der Waals surface area contributed by atoms with Gasteiger partial charge in [-0.1, -0.05) is 0 Å². The molecule has 10 nitrogen and oxygen atoms in total. The number of halogens is 3. The summed E-state index contributed by atoms with van der Waals surface area (Å²) in [6.45, 7) is 6.58. The van der Waals surface area contributed by atoms with E-state index in [1.807, 2.05) is 0 Å². The average molecular weight is 542 g/mol. The molecule has 1 aromatic carbocycles. The van der Waals surface area contributed by atoms with E-state index in [0.717, 1.165) is 12.1 Å². The number of nitrogens with zero attached hydrogens (tertiary/aromatic N) is 3. The summed E-state index contributed by atoms with van der Waals surface area (Å²) in [5, 5.41) is 8.58. The minimum atomic E-state index is -4.56. The van der Waals surface area contributed by atoms with Gasteiger partial charge in [0, 0.05) is 25.6 Å². The molecule has 2 aliphatic heterocycles. The van der Waals surface area contributed by atoms with E-state index in [9.17, 15) is 18.0 Å². The predicted molar refractivity (Wildman–Crippen MR) is 127 cm³/mol. The molecule has 13 heteroatoms. The second kappa shape index (κ2) is 11.2. The van der Waals surface area contributed by atoms with E-state index >= 15 is 0 Å². The van der Waals surface area contributed by atoms with Gasteiger partial charge in [0.25, 0.3) is 0 Å². The molecule has 0 saturated carbocycles. The zero-order chi connectivity index (χ0) is 27.5. The summed E-state index contributed by atoms with van der Waals surface area (Å²) in [7, 11) is 1.36. The maximum atomic E-state index is 13.3. The molecule has 1 atom stereocenters. The van der Waals surface area contributed by atoms with E-state index in [1.54, 1.807) is 25.7 Å². The van der Waals surface area contributed by atoms with Crippen molar-refractivity contribution in [3.05, 3.63) is 29.5 Å². The van der Waals surface area contributed by atoms with Gasteiger partial charge in [-0.2, -0.15) is 18.3 Å². The molecule has 208 valence electrons. The summed E-state index contributed by atoms with van der Waals surface area (Å²) in [4.78, 5) is 14.1. The number of rotatable bonds is 6. The summed E-state index contributed by atoms with van der Waals surface area (Å²) < 4.78 is 73.3. The lowest BCUT2D eigenvalue weighted by atomic mass is 10.0.